The number of anilines is 2. The van der Waals surface area contributed by atoms with Crippen molar-refractivity contribution in [1.82, 2.24) is 14.9 Å². The molecule has 102 valence electrons. The van der Waals surface area contributed by atoms with Crippen LogP contribution in [0.5, 0.6) is 0 Å². The smallest absolute Gasteiger partial charge is 0.135 e. The highest BCUT2D eigenvalue weighted by Crippen LogP contribution is 2.16. The van der Waals surface area contributed by atoms with Crippen LogP contribution in [0, 0.1) is 0 Å². The molecule has 0 amide bonds. The topological polar surface area (TPSA) is 53.1 Å². The van der Waals surface area contributed by atoms with Crippen molar-refractivity contribution in [3.8, 4) is 0 Å². The minimum Gasteiger partial charge on any atom is -0.370 e. The van der Waals surface area contributed by atoms with Crippen LogP contribution in [-0.4, -0.2) is 48.6 Å². The normalized spacial score (nSPS) is 11.1. The number of rotatable bonds is 7. The molecular formula is C13H25N5. The number of aromatic nitrogens is 2. The largest absolute Gasteiger partial charge is 0.370 e. The number of nitrogens with one attached hydrogen (secondary N) is 2. The molecule has 1 aromatic heterocycles. The molecule has 1 rings (SSSR count). The van der Waals surface area contributed by atoms with Gasteiger partial charge in [-0.25, -0.2) is 9.97 Å². The first kappa shape index (κ1) is 14.7. The van der Waals surface area contributed by atoms with Crippen LogP contribution in [-0.2, 0) is 0 Å². The number of hydrogen-bond acceptors (Lipinski definition) is 5. The Bertz CT molecular complexity index is 362. The monoisotopic (exact) mass is 251 g/mol. The molecule has 0 unspecified atom stereocenters. The van der Waals surface area contributed by atoms with Crippen molar-refractivity contribution in [1.29, 1.82) is 0 Å². The van der Waals surface area contributed by atoms with Gasteiger partial charge in [0.2, 0.25) is 0 Å². The van der Waals surface area contributed by atoms with Crippen molar-refractivity contribution in [2.45, 2.75) is 26.7 Å². The van der Waals surface area contributed by atoms with Crippen molar-refractivity contribution in [2.24, 2.45) is 0 Å². The fourth-order valence-corrected chi connectivity index (χ4v) is 1.49. The van der Waals surface area contributed by atoms with E-state index in [4.69, 9.17) is 0 Å². The molecular weight excluding hydrogens is 226 g/mol. The molecule has 0 aliphatic heterocycles. The Morgan fingerprint density at radius 2 is 1.78 bits per heavy atom. The van der Waals surface area contributed by atoms with Crippen molar-refractivity contribution in [2.75, 3.05) is 44.4 Å². The zero-order chi connectivity index (χ0) is 13.5. The lowest BCUT2D eigenvalue weighted by Gasteiger charge is -2.14. The first-order valence-corrected chi connectivity index (χ1v) is 6.54. The summed E-state index contributed by atoms with van der Waals surface area (Å²) in [6, 6.07) is 1.96. The van der Waals surface area contributed by atoms with E-state index < -0.39 is 0 Å². The summed E-state index contributed by atoms with van der Waals surface area (Å²) in [5, 5.41) is 6.58. The average molecular weight is 251 g/mol. The summed E-state index contributed by atoms with van der Waals surface area (Å²) in [5.74, 6) is 2.99. The first-order chi connectivity index (χ1) is 8.52. The summed E-state index contributed by atoms with van der Waals surface area (Å²) in [6.45, 7) is 9.01. The van der Waals surface area contributed by atoms with Crippen LogP contribution in [0.1, 0.15) is 32.5 Å². The van der Waals surface area contributed by atoms with Gasteiger partial charge in [-0.1, -0.05) is 13.8 Å². The van der Waals surface area contributed by atoms with Gasteiger partial charge in [0.25, 0.3) is 0 Å². The molecule has 1 heterocycles. The van der Waals surface area contributed by atoms with Gasteiger partial charge in [0.15, 0.2) is 0 Å². The standard InChI is InChI=1S/C13H25N5/c1-6-14-11-9-12(15-7-8-18(4)5)17-13(16-11)10(2)3/h9-10H,6-8H2,1-5H3,(H2,14,15,16,17). The van der Waals surface area contributed by atoms with Gasteiger partial charge in [-0.15, -0.1) is 0 Å². The predicted molar refractivity (Wildman–Crippen MR) is 77.3 cm³/mol. The van der Waals surface area contributed by atoms with Crippen LogP contribution in [0.2, 0.25) is 0 Å². The van der Waals surface area contributed by atoms with Gasteiger partial charge in [0.05, 0.1) is 0 Å². The van der Waals surface area contributed by atoms with E-state index in [0.717, 1.165) is 37.1 Å². The second-order valence-corrected chi connectivity index (χ2v) is 4.91. The Labute approximate surface area is 110 Å². The van der Waals surface area contributed by atoms with Crippen LogP contribution >= 0.6 is 0 Å². The zero-order valence-corrected chi connectivity index (χ0v) is 12.1. The third kappa shape index (κ3) is 4.87. The maximum Gasteiger partial charge on any atom is 0.135 e. The zero-order valence-electron chi connectivity index (χ0n) is 12.1. The maximum absolute atomic E-state index is 4.53. The molecule has 0 bridgehead atoms. The average Bonchev–Trinajstić information content (AvgIpc) is 2.28. The fraction of sp³-hybridized carbons (Fsp3) is 0.692. The van der Waals surface area contributed by atoms with Gasteiger partial charge >= 0.3 is 0 Å². The van der Waals surface area contributed by atoms with Crippen LogP contribution in [0.3, 0.4) is 0 Å². The van der Waals surface area contributed by atoms with E-state index >= 15 is 0 Å². The molecule has 0 atom stereocenters. The van der Waals surface area contributed by atoms with E-state index in [1.807, 2.05) is 6.07 Å². The van der Waals surface area contributed by atoms with E-state index in [0.29, 0.717) is 5.92 Å². The highest BCUT2D eigenvalue weighted by atomic mass is 15.1. The van der Waals surface area contributed by atoms with Crippen molar-refractivity contribution < 1.29 is 0 Å². The molecule has 18 heavy (non-hydrogen) atoms. The van der Waals surface area contributed by atoms with E-state index in [2.05, 4.69) is 60.4 Å². The predicted octanol–water partition coefficient (Wildman–Crippen LogP) is 2.01. The molecule has 5 nitrogen and oxygen atoms in total. The van der Waals surface area contributed by atoms with Crippen LogP contribution in [0.4, 0.5) is 11.6 Å². The minimum atomic E-state index is 0.331. The van der Waals surface area contributed by atoms with Crippen molar-refractivity contribution >= 4 is 11.6 Å². The summed E-state index contributed by atoms with van der Waals surface area (Å²) < 4.78 is 0. The highest BCUT2D eigenvalue weighted by Gasteiger charge is 2.07. The quantitative estimate of drug-likeness (QED) is 0.776. The first-order valence-electron chi connectivity index (χ1n) is 6.54. The molecule has 0 fully saturated rings. The SMILES string of the molecule is CCNc1cc(NCCN(C)C)nc(C(C)C)n1. The Hall–Kier alpha value is -1.36. The number of likely N-dealkylation sites (N-methyl/N-ethyl adjacent to an activating group) is 1. The molecule has 0 radical (unpaired) electrons. The number of hydrogen-bond donors (Lipinski definition) is 2. The maximum atomic E-state index is 4.53. The van der Waals surface area contributed by atoms with Gasteiger partial charge < -0.3 is 15.5 Å². The van der Waals surface area contributed by atoms with Crippen molar-refractivity contribution in [3.63, 3.8) is 0 Å². The molecule has 0 spiro atoms. The Morgan fingerprint density at radius 1 is 1.17 bits per heavy atom. The lowest BCUT2D eigenvalue weighted by molar-refractivity contribution is 0.425. The fourth-order valence-electron chi connectivity index (χ4n) is 1.49. The summed E-state index contributed by atoms with van der Waals surface area (Å²) >= 11 is 0. The Kier molecular flexibility index (Phi) is 5.85. The molecule has 5 heteroatoms. The Balaban J connectivity index is 2.75. The third-order valence-corrected chi connectivity index (χ3v) is 2.48. The van der Waals surface area contributed by atoms with Crippen molar-refractivity contribution in [3.05, 3.63) is 11.9 Å². The summed E-state index contributed by atoms with van der Waals surface area (Å²) in [6.07, 6.45) is 0. The highest BCUT2D eigenvalue weighted by molar-refractivity contribution is 5.47. The van der Waals surface area contributed by atoms with Crippen LogP contribution in [0.15, 0.2) is 6.07 Å². The van der Waals surface area contributed by atoms with Gasteiger partial charge in [-0.2, -0.15) is 0 Å². The van der Waals surface area contributed by atoms with E-state index in [-0.39, 0.29) is 0 Å². The molecule has 0 aliphatic rings. The Morgan fingerprint density at radius 3 is 2.28 bits per heavy atom. The second kappa shape index (κ2) is 7.16. The van der Waals surface area contributed by atoms with Crippen LogP contribution < -0.4 is 10.6 Å². The molecule has 0 saturated carbocycles. The molecule has 0 aliphatic carbocycles. The van der Waals surface area contributed by atoms with Gasteiger partial charge in [0.1, 0.15) is 17.5 Å². The lowest BCUT2D eigenvalue weighted by Crippen LogP contribution is -2.21. The van der Waals surface area contributed by atoms with Crippen LogP contribution in [0.25, 0.3) is 0 Å². The minimum absolute atomic E-state index is 0.331. The van der Waals surface area contributed by atoms with Gasteiger partial charge in [-0.3, -0.25) is 0 Å². The van der Waals surface area contributed by atoms with E-state index in [1.54, 1.807) is 0 Å². The molecule has 0 aromatic carbocycles. The van der Waals surface area contributed by atoms with E-state index in [1.165, 1.54) is 0 Å². The number of nitrogens with zero attached hydrogens (tertiary/aromatic N) is 3. The summed E-state index contributed by atoms with van der Waals surface area (Å²) in [4.78, 5) is 11.2. The second-order valence-electron chi connectivity index (χ2n) is 4.91. The summed E-state index contributed by atoms with van der Waals surface area (Å²) in [7, 11) is 4.12. The lowest BCUT2D eigenvalue weighted by atomic mass is 10.2. The van der Waals surface area contributed by atoms with E-state index in [9.17, 15) is 0 Å². The summed E-state index contributed by atoms with van der Waals surface area (Å²) in [5.41, 5.74) is 0. The molecule has 0 saturated heterocycles. The third-order valence-electron chi connectivity index (χ3n) is 2.48. The van der Waals surface area contributed by atoms with Gasteiger partial charge in [0, 0.05) is 31.6 Å². The molecule has 1 aromatic rings. The molecule has 2 N–H and O–H groups in total. The van der Waals surface area contributed by atoms with Gasteiger partial charge in [-0.05, 0) is 21.0 Å².